The zero-order valence-electron chi connectivity index (χ0n) is 10.5. The molecular formula is C14H22N2. The summed E-state index contributed by atoms with van der Waals surface area (Å²) in [6.07, 6.45) is 2.38. The number of hydrogen-bond donors (Lipinski definition) is 2. The highest BCUT2D eigenvalue weighted by molar-refractivity contribution is 5.69. The Morgan fingerprint density at radius 3 is 2.62 bits per heavy atom. The van der Waals surface area contributed by atoms with E-state index in [1.807, 2.05) is 0 Å². The van der Waals surface area contributed by atoms with Crippen molar-refractivity contribution in [2.75, 3.05) is 17.2 Å². The van der Waals surface area contributed by atoms with E-state index in [2.05, 4.69) is 55.7 Å². The van der Waals surface area contributed by atoms with Crippen LogP contribution in [0.1, 0.15) is 33.6 Å². The Labute approximate surface area is 98.4 Å². The molecule has 1 heterocycles. The molecule has 0 saturated heterocycles. The van der Waals surface area contributed by atoms with Crippen molar-refractivity contribution < 1.29 is 0 Å². The maximum absolute atomic E-state index is 3.69. The predicted octanol–water partition coefficient (Wildman–Crippen LogP) is 3.72. The van der Waals surface area contributed by atoms with E-state index in [0.29, 0.717) is 11.5 Å². The molecule has 1 aromatic carbocycles. The van der Waals surface area contributed by atoms with Crippen LogP contribution in [0.25, 0.3) is 0 Å². The SMILES string of the molecule is CCC(C)(C)C1CCNc2ccccc2N1. The minimum Gasteiger partial charge on any atom is -0.383 e. The van der Waals surface area contributed by atoms with Crippen LogP contribution < -0.4 is 10.6 Å². The van der Waals surface area contributed by atoms with Gasteiger partial charge in [-0.3, -0.25) is 0 Å². The summed E-state index contributed by atoms with van der Waals surface area (Å²) >= 11 is 0. The third kappa shape index (κ3) is 2.16. The van der Waals surface area contributed by atoms with Crippen LogP contribution in [-0.2, 0) is 0 Å². The zero-order valence-corrected chi connectivity index (χ0v) is 10.5. The van der Waals surface area contributed by atoms with Gasteiger partial charge < -0.3 is 10.6 Å². The molecule has 0 radical (unpaired) electrons. The van der Waals surface area contributed by atoms with Crippen LogP contribution in [0.4, 0.5) is 11.4 Å². The van der Waals surface area contributed by atoms with E-state index in [0.717, 1.165) is 6.54 Å². The highest BCUT2D eigenvalue weighted by atomic mass is 15.0. The standard InChI is InChI=1S/C14H22N2/c1-4-14(2,3)13-9-10-15-11-7-5-6-8-12(11)16-13/h5-8,13,15-16H,4,9-10H2,1-3H3. The maximum atomic E-state index is 3.69. The number of nitrogens with one attached hydrogen (secondary N) is 2. The third-order valence-electron chi connectivity index (χ3n) is 3.86. The Kier molecular flexibility index (Phi) is 3.08. The van der Waals surface area contributed by atoms with Gasteiger partial charge in [0.25, 0.3) is 0 Å². The van der Waals surface area contributed by atoms with Gasteiger partial charge in [-0.25, -0.2) is 0 Å². The molecule has 2 rings (SSSR count). The van der Waals surface area contributed by atoms with Crippen LogP contribution in [0.3, 0.4) is 0 Å². The molecule has 0 amide bonds. The van der Waals surface area contributed by atoms with Crippen molar-refractivity contribution >= 4 is 11.4 Å². The van der Waals surface area contributed by atoms with E-state index in [4.69, 9.17) is 0 Å². The largest absolute Gasteiger partial charge is 0.383 e. The molecular weight excluding hydrogens is 196 g/mol. The second-order valence-electron chi connectivity index (χ2n) is 5.30. The molecule has 88 valence electrons. The summed E-state index contributed by atoms with van der Waals surface area (Å²) in [6, 6.07) is 9.03. The summed E-state index contributed by atoms with van der Waals surface area (Å²) in [5.74, 6) is 0. The quantitative estimate of drug-likeness (QED) is 0.790. The highest BCUT2D eigenvalue weighted by Crippen LogP contribution is 2.34. The van der Waals surface area contributed by atoms with Crippen molar-refractivity contribution in [1.82, 2.24) is 0 Å². The molecule has 1 atom stereocenters. The molecule has 0 spiro atoms. The lowest BCUT2D eigenvalue weighted by Gasteiger charge is -2.33. The van der Waals surface area contributed by atoms with Crippen molar-refractivity contribution in [3.05, 3.63) is 24.3 Å². The summed E-state index contributed by atoms with van der Waals surface area (Å²) < 4.78 is 0. The van der Waals surface area contributed by atoms with Gasteiger partial charge >= 0.3 is 0 Å². The first kappa shape index (κ1) is 11.3. The number of benzene rings is 1. The van der Waals surface area contributed by atoms with Crippen molar-refractivity contribution in [3.8, 4) is 0 Å². The van der Waals surface area contributed by atoms with Crippen molar-refractivity contribution in [2.45, 2.75) is 39.7 Å². The lowest BCUT2D eigenvalue weighted by molar-refractivity contribution is 0.285. The molecule has 0 bridgehead atoms. The van der Waals surface area contributed by atoms with E-state index >= 15 is 0 Å². The second-order valence-corrected chi connectivity index (χ2v) is 5.30. The number of fused-ring (bicyclic) bond motifs is 1. The van der Waals surface area contributed by atoms with Gasteiger partial charge in [0.05, 0.1) is 11.4 Å². The number of hydrogen-bond acceptors (Lipinski definition) is 2. The monoisotopic (exact) mass is 218 g/mol. The van der Waals surface area contributed by atoms with E-state index in [1.54, 1.807) is 0 Å². The minimum absolute atomic E-state index is 0.346. The zero-order chi connectivity index (χ0) is 11.6. The van der Waals surface area contributed by atoms with Crippen LogP contribution in [0.5, 0.6) is 0 Å². The molecule has 0 saturated carbocycles. The van der Waals surface area contributed by atoms with E-state index in [-0.39, 0.29) is 0 Å². The molecule has 2 N–H and O–H groups in total. The van der Waals surface area contributed by atoms with Crippen molar-refractivity contribution in [1.29, 1.82) is 0 Å². The average Bonchev–Trinajstić information content (AvgIpc) is 2.51. The highest BCUT2D eigenvalue weighted by Gasteiger charge is 2.29. The van der Waals surface area contributed by atoms with Crippen LogP contribution >= 0.6 is 0 Å². The summed E-state index contributed by atoms with van der Waals surface area (Å²) in [5, 5.41) is 7.18. The fraction of sp³-hybridized carbons (Fsp3) is 0.571. The molecule has 2 nitrogen and oxygen atoms in total. The molecule has 0 aromatic heterocycles. The van der Waals surface area contributed by atoms with E-state index in [1.165, 1.54) is 24.2 Å². The molecule has 1 unspecified atom stereocenters. The molecule has 1 aliphatic heterocycles. The molecule has 16 heavy (non-hydrogen) atoms. The topological polar surface area (TPSA) is 24.1 Å². The normalized spacial score (nSPS) is 20.3. The van der Waals surface area contributed by atoms with Gasteiger partial charge in [0, 0.05) is 12.6 Å². The summed E-state index contributed by atoms with van der Waals surface area (Å²) in [7, 11) is 0. The van der Waals surface area contributed by atoms with Crippen LogP contribution in [-0.4, -0.2) is 12.6 Å². The fourth-order valence-electron chi connectivity index (χ4n) is 2.21. The molecule has 0 aliphatic carbocycles. The minimum atomic E-state index is 0.346. The molecule has 2 heteroatoms. The first-order valence-corrected chi connectivity index (χ1v) is 6.23. The Hall–Kier alpha value is -1.18. The predicted molar refractivity (Wildman–Crippen MR) is 71.0 cm³/mol. The molecule has 1 aromatic rings. The van der Waals surface area contributed by atoms with Crippen LogP contribution in [0.2, 0.25) is 0 Å². The lowest BCUT2D eigenvalue weighted by Crippen LogP contribution is -2.36. The molecule has 1 aliphatic rings. The first-order valence-electron chi connectivity index (χ1n) is 6.23. The van der Waals surface area contributed by atoms with Gasteiger partial charge in [-0.15, -0.1) is 0 Å². The Bertz CT molecular complexity index is 358. The van der Waals surface area contributed by atoms with E-state index < -0.39 is 0 Å². The Balaban J connectivity index is 2.23. The summed E-state index contributed by atoms with van der Waals surface area (Å²) in [5.41, 5.74) is 2.82. The van der Waals surface area contributed by atoms with Crippen LogP contribution in [0, 0.1) is 5.41 Å². The molecule has 0 fully saturated rings. The van der Waals surface area contributed by atoms with Gasteiger partial charge in [0.15, 0.2) is 0 Å². The first-order chi connectivity index (χ1) is 7.63. The summed E-state index contributed by atoms with van der Waals surface area (Å²) in [6.45, 7) is 8.02. The fourth-order valence-corrected chi connectivity index (χ4v) is 2.21. The van der Waals surface area contributed by atoms with Gasteiger partial charge in [-0.1, -0.05) is 32.9 Å². The third-order valence-corrected chi connectivity index (χ3v) is 3.86. The Morgan fingerprint density at radius 1 is 1.25 bits per heavy atom. The average molecular weight is 218 g/mol. The lowest BCUT2D eigenvalue weighted by atomic mass is 9.80. The number of anilines is 2. The summed E-state index contributed by atoms with van der Waals surface area (Å²) in [4.78, 5) is 0. The van der Waals surface area contributed by atoms with Gasteiger partial charge in [-0.05, 0) is 30.4 Å². The maximum Gasteiger partial charge on any atom is 0.0578 e. The number of rotatable bonds is 2. The van der Waals surface area contributed by atoms with Gasteiger partial charge in [0.2, 0.25) is 0 Å². The van der Waals surface area contributed by atoms with Gasteiger partial charge in [-0.2, -0.15) is 0 Å². The van der Waals surface area contributed by atoms with E-state index in [9.17, 15) is 0 Å². The van der Waals surface area contributed by atoms with Gasteiger partial charge in [0.1, 0.15) is 0 Å². The van der Waals surface area contributed by atoms with Crippen molar-refractivity contribution in [3.63, 3.8) is 0 Å². The smallest absolute Gasteiger partial charge is 0.0578 e. The van der Waals surface area contributed by atoms with Crippen LogP contribution in [0.15, 0.2) is 24.3 Å². The van der Waals surface area contributed by atoms with Crippen molar-refractivity contribution in [2.24, 2.45) is 5.41 Å². The second kappa shape index (κ2) is 4.36. The number of para-hydroxylation sites is 2. The Morgan fingerprint density at radius 2 is 1.94 bits per heavy atom.